The number of aromatic amines is 1. The maximum absolute atomic E-state index is 13.2. The second-order valence-electron chi connectivity index (χ2n) is 3.70. The molecule has 2 N–H and O–H groups in total. The van der Waals surface area contributed by atoms with Gasteiger partial charge in [-0.1, -0.05) is 12.1 Å². The van der Waals surface area contributed by atoms with Crippen molar-refractivity contribution in [3.63, 3.8) is 0 Å². The lowest BCUT2D eigenvalue weighted by Crippen LogP contribution is -2.19. The molecule has 16 heavy (non-hydrogen) atoms. The van der Waals surface area contributed by atoms with Crippen molar-refractivity contribution in [2.75, 3.05) is 7.05 Å². The molecule has 2 aromatic rings. The Morgan fingerprint density at radius 3 is 2.81 bits per heavy atom. The number of benzene rings is 1. The molecule has 2 rings (SSSR count). The van der Waals surface area contributed by atoms with Crippen LogP contribution in [0.1, 0.15) is 23.0 Å². The number of aromatic nitrogens is 2. The first-order chi connectivity index (χ1) is 7.72. The summed E-state index contributed by atoms with van der Waals surface area (Å²) in [6.45, 7) is 1.76. The molecule has 0 radical (unpaired) electrons. The van der Waals surface area contributed by atoms with Crippen LogP contribution in [0.25, 0.3) is 0 Å². The van der Waals surface area contributed by atoms with Crippen LogP contribution in [0.2, 0.25) is 0 Å². The Bertz CT molecular complexity index is 465. The van der Waals surface area contributed by atoms with Gasteiger partial charge in [0.05, 0.1) is 6.04 Å². The van der Waals surface area contributed by atoms with Crippen LogP contribution in [0.4, 0.5) is 4.39 Å². The molecule has 1 unspecified atom stereocenters. The molecule has 0 aliphatic heterocycles. The lowest BCUT2D eigenvalue weighted by atomic mass is 10.0. The first-order valence-electron chi connectivity index (χ1n) is 5.15. The predicted molar refractivity (Wildman–Crippen MR) is 60.6 cm³/mol. The molecule has 0 spiro atoms. The molecule has 0 bridgehead atoms. The van der Waals surface area contributed by atoms with Crippen molar-refractivity contribution in [1.29, 1.82) is 0 Å². The van der Waals surface area contributed by atoms with Crippen molar-refractivity contribution >= 4 is 0 Å². The molecule has 84 valence electrons. The maximum Gasteiger partial charge on any atom is 0.127 e. The first-order valence-corrected chi connectivity index (χ1v) is 5.15. The molecule has 4 heteroatoms. The van der Waals surface area contributed by atoms with Crippen molar-refractivity contribution in [3.05, 3.63) is 53.4 Å². The number of H-pyrrole nitrogens is 1. The molecule has 0 aliphatic rings. The van der Waals surface area contributed by atoms with E-state index in [2.05, 4.69) is 15.3 Å². The monoisotopic (exact) mass is 219 g/mol. The van der Waals surface area contributed by atoms with Gasteiger partial charge in [-0.15, -0.1) is 0 Å². The smallest absolute Gasteiger partial charge is 0.127 e. The Morgan fingerprint density at radius 2 is 2.25 bits per heavy atom. The van der Waals surface area contributed by atoms with Gasteiger partial charge < -0.3 is 10.3 Å². The third-order valence-electron chi connectivity index (χ3n) is 2.60. The van der Waals surface area contributed by atoms with Gasteiger partial charge in [0.25, 0.3) is 0 Å². The van der Waals surface area contributed by atoms with E-state index in [0.29, 0.717) is 5.56 Å². The summed E-state index contributed by atoms with van der Waals surface area (Å²) in [5.41, 5.74) is 1.64. The standard InChI is InChI=1S/C12H14FN3/c1-8-7-9(3-4-10(8)13)11(14-2)12-15-5-6-16-12/h3-7,11,14H,1-2H3,(H,15,16). The largest absolute Gasteiger partial charge is 0.347 e. The highest BCUT2D eigenvalue weighted by Crippen LogP contribution is 2.20. The molecular formula is C12H14FN3. The van der Waals surface area contributed by atoms with E-state index in [-0.39, 0.29) is 11.9 Å². The van der Waals surface area contributed by atoms with Crippen molar-refractivity contribution in [1.82, 2.24) is 15.3 Å². The van der Waals surface area contributed by atoms with E-state index in [4.69, 9.17) is 0 Å². The number of nitrogens with zero attached hydrogens (tertiary/aromatic N) is 1. The molecule has 1 atom stereocenters. The van der Waals surface area contributed by atoms with Gasteiger partial charge >= 0.3 is 0 Å². The highest BCUT2D eigenvalue weighted by Gasteiger charge is 2.14. The SMILES string of the molecule is CNC(c1ccc(F)c(C)c1)c1ncc[nH]1. The van der Waals surface area contributed by atoms with E-state index < -0.39 is 0 Å². The number of rotatable bonds is 3. The van der Waals surface area contributed by atoms with Crippen LogP contribution in [0.5, 0.6) is 0 Å². The van der Waals surface area contributed by atoms with Crippen LogP contribution in [-0.4, -0.2) is 17.0 Å². The highest BCUT2D eigenvalue weighted by atomic mass is 19.1. The molecule has 0 saturated carbocycles. The topological polar surface area (TPSA) is 40.7 Å². The number of aryl methyl sites for hydroxylation is 1. The second-order valence-corrected chi connectivity index (χ2v) is 3.70. The third-order valence-corrected chi connectivity index (χ3v) is 2.60. The Kier molecular flexibility index (Phi) is 3.01. The third kappa shape index (κ3) is 1.97. The maximum atomic E-state index is 13.2. The fourth-order valence-electron chi connectivity index (χ4n) is 1.74. The van der Waals surface area contributed by atoms with E-state index in [0.717, 1.165) is 11.4 Å². The summed E-state index contributed by atoms with van der Waals surface area (Å²) in [7, 11) is 1.85. The summed E-state index contributed by atoms with van der Waals surface area (Å²) in [5.74, 6) is 0.645. The van der Waals surface area contributed by atoms with Crippen molar-refractivity contribution in [2.45, 2.75) is 13.0 Å². The Balaban J connectivity index is 2.37. The van der Waals surface area contributed by atoms with Gasteiger partial charge in [0.1, 0.15) is 11.6 Å². The molecular weight excluding hydrogens is 205 g/mol. The van der Waals surface area contributed by atoms with Gasteiger partial charge in [0, 0.05) is 12.4 Å². The summed E-state index contributed by atoms with van der Waals surface area (Å²) in [6, 6.07) is 5.05. The predicted octanol–water partition coefficient (Wildman–Crippen LogP) is 2.17. The number of halogens is 1. The van der Waals surface area contributed by atoms with Gasteiger partial charge in [-0.3, -0.25) is 0 Å². The fourth-order valence-corrected chi connectivity index (χ4v) is 1.74. The number of hydrogen-bond acceptors (Lipinski definition) is 2. The quantitative estimate of drug-likeness (QED) is 0.830. The minimum Gasteiger partial charge on any atom is -0.347 e. The Hall–Kier alpha value is -1.68. The molecule has 3 nitrogen and oxygen atoms in total. The zero-order valence-corrected chi connectivity index (χ0v) is 9.29. The molecule has 1 heterocycles. The average Bonchev–Trinajstić information content (AvgIpc) is 2.78. The van der Waals surface area contributed by atoms with Crippen LogP contribution in [0, 0.1) is 12.7 Å². The normalized spacial score (nSPS) is 12.7. The number of nitrogens with one attached hydrogen (secondary N) is 2. The fraction of sp³-hybridized carbons (Fsp3) is 0.250. The molecule has 0 amide bonds. The lowest BCUT2D eigenvalue weighted by Gasteiger charge is -2.14. The Labute approximate surface area is 93.7 Å². The minimum absolute atomic E-state index is 0.0331. The lowest BCUT2D eigenvalue weighted by molar-refractivity contribution is 0.611. The van der Waals surface area contributed by atoms with Crippen LogP contribution >= 0.6 is 0 Å². The van der Waals surface area contributed by atoms with Crippen LogP contribution in [0.15, 0.2) is 30.6 Å². The average molecular weight is 219 g/mol. The summed E-state index contributed by atoms with van der Waals surface area (Å²) in [6.07, 6.45) is 3.48. The van der Waals surface area contributed by atoms with Crippen molar-refractivity contribution in [2.24, 2.45) is 0 Å². The minimum atomic E-state index is -0.182. The first kappa shape index (κ1) is 10.8. The summed E-state index contributed by atoms with van der Waals surface area (Å²) >= 11 is 0. The van der Waals surface area contributed by atoms with Crippen LogP contribution < -0.4 is 5.32 Å². The van der Waals surface area contributed by atoms with E-state index in [1.165, 1.54) is 6.07 Å². The summed E-state index contributed by atoms with van der Waals surface area (Å²) < 4.78 is 13.2. The number of hydrogen-bond donors (Lipinski definition) is 2. The zero-order chi connectivity index (χ0) is 11.5. The van der Waals surface area contributed by atoms with Gasteiger partial charge in [0.15, 0.2) is 0 Å². The molecule has 0 saturated heterocycles. The van der Waals surface area contributed by atoms with E-state index in [1.807, 2.05) is 13.1 Å². The van der Waals surface area contributed by atoms with Gasteiger partial charge in [-0.25, -0.2) is 9.37 Å². The molecule has 0 fully saturated rings. The van der Waals surface area contributed by atoms with Gasteiger partial charge in [0.2, 0.25) is 0 Å². The van der Waals surface area contributed by atoms with Crippen molar-refractivity contribution in [3.8, 4) is 0 Å². The molecule has 0 aliphatic carbocycles. The van der Waals surface area contributed by atoms with E-state index in [1.54, 1.807) is 25.4 Å². The van der Waals surface area contributed by atoms with Gasteiger partial charge in [-0.2, -0.15) is 0 Å². The summed E-state index contributed by atoms with van der Waals surface area (Å²) in [5, 5.41) is 3.15. The van der Waals surface area contributed by atoms with Crippen molar-refractivity contribution < 1.29 is 4.39 Å². The zero-order valence-electron chi connectivity index (χ0n) is 9.29. The van der Waals surface area contributed by atoms with Gasteiger partial charge in [-0.05, 0) is 31.2 Å². The van der Waals surface area contributed by atoms with E-state index in [9.17, 15) is 4.39 Å². The second kappa shape index (κ2) is 4.45. The summed E-state index contributed by atoms with van der Waals surface area (Å²) in [4.78, 5) is 7.26. The van der Waals surface area contributed by atoms with Crippen LogP contribution in [0.3, 0.4) is 0 Å². The highest BCUT2D eigenvalue weighted by molar-refractivity contribution is 5.29. The van der Waals surface area contributed by atoms with Crippen LogP contribution in [-0.2, 0) is 0 Å². The van der Waals surface area contributed by atoms with E-state index >= 15 is 0 Å². The molecule has 1 aromatic heterocycles. The molecule has 1 aromatic carbocycles. The Morgan fingerprint density at radius 1 is 1.44 bits per heavy atom. The number of imidazole rings is 1.